The van der Waals surface area contributed by atoms with Crippen molar-refractivity contribution in [2.75, 3.05) is 12.4 Å². The van der Waals surface area contributed by atoms with Crippen molar-refractivity contribution in [3.05, 3.63) is 58.6 Å². The first-order valence-corrected chi connectivity index (χ1v) is 7.18. The van der Waals surface area contributed by atoms with Crippen molar-refractivity contribution in [2.24, 2.45) is 0 Å². The quantitative estimate of drug-likeness (QED) is 0.835. The Morgan fingerprint density at radius 2 is 1.89 bits per heavy atom. The predicted molar refractivity (Wildman–Crippen MR) is 83.8 cm³/mol. The summed E-state index contributed by atoms with van der Waals surface area (Å²) in [7, 11) is 1.68. The van der Waals surface area contributed by atoms with Crippen LogP contribution in [0.5, 0.6) is 5.75 Å². The third-order valence-corrected chi connectivity index (χ3v) is 3.58. The lowest BCUT2D eigenvalue weighted by atomic mass is 10.0. The molecule has 0 aliphatic carbocycles. The second-order valence-electron chi connectivity index (χ2n) is 4.39. The van der Waals surface area contributed by atoms with Crippen molar-refractivity contribution in [3.8, 4) is 5.75 Å². The molecule has 3 heteroatoms. The van der Waals surface area contributed by atoms with E-state index in [4.69, 9.17) is 4.74 Å². The molecule has 0 spiro atoms. The zero-order chi connectivity index (χ0) is 13.7. The highest BCUT2D eigenvalue weighted by Gasteiger charge is 2.09. The number of halogens is 1. The average molecular weight is 320 g/mol. The van der Waals surface area contributed by atoms with Gasteiger partial charge in [0.1, 0.15) is 5.75 Å². The normalized spacial score (nSPS) is 11.9. The fraction of sp³-hybridized carbons (Fsp3) is 0.250. The van der Waals surface area contributed by atoms with Gasteiger partial charge in [0.15, 0.2) is 0 Å². The van der Waals surface area contributed by atoms with E-state index in [9.17, 15) is 0 Å². The lowest BCUT2D eigenvalue weighted by Crippen LogP contribution is -2.09. The van der Waals surface area contributed by atoms with Crippen LogP contribution in [0.3, 0.4) is 0 Å². The topological polar surface area (TPSA) is 21.3 Å². The highest BCUT2D eigenvalue weighted by Crippen LogP contribution is 2.25. The molecule has 100 valence electrons. The molecule has 0 radical (unpaired) electrons. The maximum Gasteiger partial charge on any atom is 0.119 e. The largest absolute Gasteiger partial charge is 0.497 e. The van der Waals surface area contributed by atoms with Crippen molar-refractivity contribution in [1.29, 1.82) is 0 Å². The standard InChI is InChI=1S/C16H18BrNO/c1-3-16(12-5-4-6-13(17)11-12)18-14-7-9-15(19-2)10-8-14/h4-11,16,18H,3H2,1-2H3. The van der Waals surface area contributed by atoms with Crippen LogP contribution in [-0.2, 0) is 0 Å². The summed E-state index contributed by atoms with van der Waals surface area (Å²) in [5, 5.41) is 3.55. The van der Waals surface area contributed by atoms with Crippen LogP contribution in [0.15, 0.2) is 53.0 Å². The third kappa shape index (κ3) is 3.74. The third-order valence-electron chi connectivity index (χ3n) is 3.09. The number of hydrogen-bond acceptors (Lipinski definition) is 2. The molecule has 0 saturated heterocycles. The zero-order valence-electron chi connectivity index (χ0n) is 11.2. The maximum atomic E-state index is 5.17. The fourth-order valence-corrected chi connectivity index (χ4v) is 2.45. The summed E-state index contributed by atoms with van der Waals surface area (Å²) in [6, 6.07) is 16.7. The van der Waals surface area contributed by atoms with E-state index in [-0.39, 0.29) is 0 Å². The molecule has 2 nitrogen and oxygen atoms in total. The van der Waals surface area contributed by atoms with Crippen molar-refractivity contribution >= 4 is 21.6 Å². The van der Waals surface area contributed by atoms with Gasteiger partial charge in [-0.15, -0.1) is 0 Å². The molecule has 19 heavy (non-hydrogen) atoms. The number of ether oxygens (including phenoxy) is 1. The highest BCUT2D eigenvalue weighted by atomic mass is 79.9. The lowest BCUT2D eigenvalue weighted by molar-refractivity contribution is 0.415. The zero-order valence-corrected chi connectivity index (χ0v) is 12.8. The Kier molecular flexibility index (Phi) is 4.86. The van der Waals surface area contributed by atoms with Gasteiger partial charge in [-0.25, -0.2) is 0 Å². The monoisotopic (exact) mass is 319 g/mol. The molecule has 1 N–H and O–H groups in total. The first-order chi connectivity index (χ1) is 9.22. The molecule has 0 amide bonds. The molecule has 2 rings (SSSR count). The SMILES string of the molecule is CCC(Nc1ccc(OC)cc1)c1cccc(Br)c1. The molecule has 0 fully saturated rings. The first-order valence-electron chi connectivity index (χ1n) is 6.39. The number of rotatable bonds is 5. The number of methoxy groups -OCH3 is 1. The first kappa shape index (κ1) is 13.9. The van der Waals surface area contributed by atoms with E-state index in [0.717, 1.165) is 22.3 Å². The van der Waals surface area contributed by atoms with Crippen LogP contribution in [0.2, 0.25) is 0 Å². The molecule has 0 heterocycles. The smallest absolute Gasteiger partial charge is 0.119 e. The average Bonchev–Trinajstić information content (AvgIpc) is 2.45. The predicted octanol–water partition coefficient (Wildman–Crippen LogP) is 5.02. The molecular formula is C16H18BrNO. The van der Waals surface area contributed by atoms with Gasteiger partial charge >= 0.3 is 0 Å². The van der Waals surface area contributed by atoms with Crippen LogP contribution < -0.4 is 10.1 Å². The van der Waals surface area contributed by atoms with Gasteiger partial charge in [-0.3, -0.25) is 0 Å². The van der Waals surface area contributed by atoms with E-state index in [1.807, 2.05) is 30.3 Å². The second kappa shape index (κ2) is 6.62. The summed E-state index contributed by atoms with van der Waals surface area (Å²) in [6.07, 6.45) is 1.03. The molecule has 2 aromatic rings. The van der Waals surface area contributed by atoms with Gasteiger partial charge in [0, 0.05) is 10.2 Å². The van der Waals surface area contributed by atoms with E-state index in [0.29, 0.717) is 6.04 Å². The fourth-order valence-electron chi connectivity index (χ4n) is 2.03. The molecule has 1 unspecified atom stereocenters. The second-order valence-corrected chi connectivity index (χ2v) is 5.30. The van der Waals surface area contributed by atoms with E-state index < -0.39 is 0 Å². The Hall–Kier alpha value is -1.48. The van der Waals surface area contributed by atoms with E-state index >= 15 is 0 Å². The van der Waals surface area contributed by atoms with Crippen LogP contribution in [-0.4, -0.2) is 7.11 Å². The van der Waals surface area contributed by atoms with E-state index in [1.54, 1.807) is 7.11 Å². The number of hydrogen-bond donors (Lipinski definition) is 1. The summed E-state index contributed by atoms with van der Waals surface area (Å²) in [4.78, 5) is 0. The van der Waals surface area contributed by atoms with Crippen LogP contribution in [0.4, 0.5) is 5.69 Å². The van der Waals surface area contributed by atoms with Gasteiger partial charge in [0.05, 0.1) is 13.2 Å². The van der Waals surface area contributed by atoms with Crippen LogP contribution in [0.25, 0.3) is 0 Å². The van der Waals surface area contributed by atoms with Crippen molar-refractivity contribution in [3.63, 3.8) is 0 Å². The van der Waals surface area contributed by atoms with Crippen molar-refractivity contribution in [1.82, 2.24) is 0 Å². The Balaban J connectivity index is 2.14. The summed E-state index contributed by atoms with van der Waals surface area (Å²) in [6.45, 7) is 2.18. The molecule has 0 saturated carbocycles. The molecular weight excluding hydrogens is 302 g/mol. The van der Waals surface area contributed by atoms with Gasteiger partial charge in [0.2, 0.25) is 0 Å². The van der Waals surface area contributed by atoms with Crippen LogP contribution >= 0.6 is 15.9 Å². The Morgan fingerprint density at radius 3 is 2.47 bits per heavy atom. The Labute approximate surface area is 122 Å². The minimum atomic E-state index is 0.311. The van der Waals surface area contributed by atoms with E-state index in [1.165, 1.54) is 5.56 Å². The summed E-state index contributed by atoms with van der Waals surface area (Å²) >= 11 is 3.52. The van der Waals surface area contributed by atoms with Crippen molar-refractivity contribution in [2.45, 2.75) is 19.4 Å². The van der Waals surface area contributed by atoms with Crippen LogP contribution in [0, 0.1) is 0 Å². The minimum absolute atomic E-state index is 0.311. The summed E-state index contributed by atoms with van der Waals surface area (Å²) < 4.78 is 6.28. The maximum absolute atomic E-state index is 5.17. The minimum Gasteiger partial charge on any atom is -0.497 e. The molecule has 2 aromatic carbocycles. The van der Waals surface area contributed by atoms with Crippen LogP contribution in [0.1, 0.15) is 24.9 Å². The molecule has 0 bridgehead atoms. The van der Waals surface area contributed by atoms with Gasteiger partial charge < -0.3 is 10.1 Å². The molecule has 0 aromatic heterocycles. The molecule has 0 aliphatic heterocycles. The Bertz CT molecular complexity index is 525. The van der Waals surface area contributed by atoms with Gasteiger partial charge in [-0.05, 0) is 48.4 Å². The molecule has 0 aliphatic rings. The lowest BCUT2D eigenvalue weighted by Gasteiger charge is -2.19. The van der Waals surface area contributed by atoms with Gasteiger partial charge in [0.25, 0.3) is 0 Å². The number of benzene rings is 2. The summed E-state index contributed by atoms with van der Waals surface area (Å²) in [5.41, 5.74) is 2.39. The van der Waals surface area contributed by atoms with E-state index in [2.05, 4.69) is 46.4 Å². The van der Waals surface area contributed by atoms with Gasteiger partial charge in [-0.1, -0.05) is 35.0 Å². The summed E-state index contributed by atoms with van der Waals surface area (Å²) in [5.74, 6) is 0.876. The highest BCUT2D eigenvalue weighted by molar-refractivity contribution is 9.10. The molecule has 1 atom stereocenters. The van der Waals surface area contributed by atoms with Crippen molar-refractivity contribution < 1.29 is 4.74 Å². The number of anilines is 1. The van der Waals surface area contributed by atoms with Gasteiger partial charge in [-0.2, -0.15) is 0 Å². The Morgan fingerprint density at radius 1 is 1.16 bits per heavy atom. The number of nitrogens with one attached hydrogen (secondary N) is 1.